The highest BCUT2D eigenvalue weighted by Gasteiger charge is 2.06. The molecule has 0 heterocycles. The van der Waals surface area contributed by atoms with E-state index in [1.165, 1.54) is 19.3 Å². The average Bonchev–Trinajstić information content (AvgIpc) is 2.30. The van der Waals surface area contributed by atoms with E-state index in [1.807, 2.05) is 0 Å². The summed E-state index contributed by atoms with van der Waals surface area (Å²) in [5.74, 6) is 0.747. The van der Waals surface area contributed by atoms with Crippen molar-refractivity contribution in [3.8, 4) is 5.75 Å². The topological polar surface area (TPSA) is 21.3 Å². The van der Waals surface area contributed by atoms with Crippen LogP contribution in [-0.4, -0.2) is 18.7 Å². The molecule has 0 spiro atoms. The summed E-state index contributed by atoms with van der Waals surface area (Å²) in [4.78, 5) is 0. The fraction of sp³-hybridized carbons (Fsp3) is 0.625. The fourth-order valence-electron chi connectivity index (χ4n) is 1.85. The lowest BCUT2D eigenvalue weighted by Crippen LogP contribution is -2.36. The molecule has 114 valence electrons. The van der Waals surface area contributed by atoms with Crippen molar-refractivity contribution in [3.63, 3.8) is 0 Å². The molecule has 0 aliphatic heterocycles. The van der Waals surface area contributed by atoms with Gasteiger partial charge in [0, 0.05) is 15.6 Å². The van der Waals surface area contributed by atoms with Gasteiger partial charge in [0.1, 0.15) is 5.75 Å². The SMILES string of the molecule is CC(C)(C)NCCCCCCOc1cc(Cl)cc(Cl)c1. The Bertz CT molecular complexity index is 382. The van der Waals surface area contributed by atoms with Gasteiger partial charge in [-0.3, -0.25) is 0 Å². The Labute approximate surface area is 132 Å². The van der Waals surface area contributed by atoms with E-state index in [1.54, 1.807) is 18.2 Å². The molecule has 0 aliphatic carbocycles. The maximum atomic E-state index is 5.91. The van der Waals surface area contributed by atoms with Crippen LogP contribution < -0.4 is 10.1 Å². The van der Waals surface area contributed by atoms with E-state index in [9.17, 15) is 0 Å². The van der Waals surface area contributed by atoms with Crippen LogP contribution in [0.3, 0.4) is 0 Å². The van der Waals surface area contributed by atoms with Crippen molar-refractivity contribution in [1.29, 1.82) is 0 Å². The number of halogens is 2. The van der Waals surface area contributed by atoms with Gasteiger partial charge < -0.3 is 10.1 Å². The van der Waals surface area contributed by atoms with Gasteiger partial charge in [0.25, 0.3) is 0 Å². The molecule has 4 heteroatoms. The summed E-state index contributed by atoms with van der Waals surface area (Å²) in [6, 6.07) is 5.29. The van der Waals surface area contributed by atoms with Gasteiger partial charge in [0.15, 0.2) is 0 Å². The summed E-state index contributed by atoms with van der Waals surface area (Å²) in [5.41, 5.74) is 0.217. The molecule has 0 saturated carbocycles. The van der Waals surface area contributed by atoms with Crippen molar-refractivity contribution in [2.45, 2.75) is 52.0 Å². The number of benzene rings is 1. The molecular weight excluding hydrogens is 293 g/mol. The predicted molar refractivity (Wildman–Crippen MR) is 88.2 cm³/mol. The Balaban J connectivity index is 2.05. The largest absolute Gasteiger partial charge is 0.493 e. The molecule has 0 unspecified atom stereocenters. The first-order chi connectivity index (χ1) is 9.37. The summed E-state index contributed by atoms with van der Waals surface area (Å²) in [6.07, 6.45) is 4.67. The monoisotopic (exact) mass is 317 g/mol. The van der Waals surface area contributed by atoms with E-state index in [0.29, 0.717) is 16.7 Å². The van der Waals surface area contributed by atoms with Crippen LogP contribution in [0.1, 0.15) is 46.5 Å². The fourth-order valence-corrected chi connectivity index (χ4v) is 2.35. The minimum absolute atomic E-state index is 0.217. The predicted octanol–water partition coefficient (Wildman–Crippen LogP) is 5.32. The summed E-state index contributed by atoms with van der Waals surface area (Å²) in [7, 11) is 0. The van der Waals surface area contributed by atoms with Crippen LogP contribution in [-0.2, 0) is 0 Å². The molecule has 0 fully saturated rings. The van der Waals surface area contributed by atoms with Gasteiger partial charge >= 0.3 is 0 Å². The third-order valence-corrected chi connectivity index (χ3v) is 3.27. The first-order valence-corrected chi connectivity index (χ1v) is 7.96. The summed E-state index contributed by atoms with van der Waals surface area (Å²) in [6.45, 7) is 8.36. The van der Waals surface area contributed by atoms with Gasteiger partial charge in [-0.2, -0.15) is 0 Å². The van der Waals surface area contributed by atoms with Crippen LogP contribution in [0.15, 0.2) is 18.2 Å². The second-order valence-electron chi connectivity index (χ2n) is 6.04. The molecule has 1 aromatic rings. The maximum Gasteiger partial charge on any atom is 0.122 e. The van der Waals surface area contributed by atoms with E-state index < -0.39 is 0 Å². The molecule has 0 aromatic heterocycles. The van der Waals surface area contributed by atoms with Crippen molar-refractivity contribution >= 4 is 23.2 Å². The first-order valence-electron chi connectivity index (χ1n) is 7.21. The van der Waals surface area contributed by atoms with Gasteiger partial charge in [-0.05, 0) is 58.4 Å². The van der Waals surface area contributed by atoms with Crippen molar-refractivity contribution < 1.29 is 4.74 Å². The molecule has 0 bridgehead atoms. The molecule has 1 aromatic carbocycles. The molecule has 1 rings (SSSR count). The van der Waals surface area contributed by atoms with Crippen LogP contribution in [0.4, 0.5) is 0 Å². The van der Waals surface area contributed by atoms with Crippen LogP contribution in [0.25, 0.3) is 0 Å². The smallest absolute Gasteiger partial charge is 0.122 e. The summed E-state index contributed by atoms with van der Waals surface area (Å²) in [5, 5.41) is 4.71. The first kappa shape index (κ1) is 17.6. The van der Waals surface area contributed by atoms with Crippen molar-refractivity contribution in [3.05, 3.63) is 28.2 Å². The summed E-state index contributed by atoms with van der Waals surface area (Å²) < 4.78 is 5.64. The van der Waals surface area contributed by atoms with E-state index >= 15 is 0 Å². The lowest BCUT2D eigenvalue weighted by molar-refractivity contribution is 0.304. The number of unbranched alkanes of at least 4 members (excludes halogenated alkanes) is 3. The van der Waals surface area contributed by atoms with Gasteiger partial charge in [0.2, 0.25) is 0 Å². The van der Waals surface area contributed by atoms with Crippen molar-refractivity contribution in [1.82, 2.24) is 5.32 Å². The van der Waals surface area contributed by atoms with Gasteiger partial charge in [-0.1, -0.05) is 36.0 Å². The number of ether oxygens (including phenoxy) is 1. The van der Waals surface area contributed by atoms with E-state index in [0.717, 1.165) is 18.7 Å². The number of hydrogen-bond donors (Lipinski definition) is 1. The molecule has 0 radical (unpaired) electrons. The molecule has 0 aliphatic rings. The Morgan fingerprint density at radius 1 is 0.950 bits per heavy atom. The Kier molecular flexibility index (Phi) is 7.71. The normalized spacial score (nSPS) is 11.7. The third-order valence-electron chi connectivity index (χ3n) is 2.83. The highest BCUT2D eigenvalue weighted by molar-refractivity contribution is 6.34. The highest BCUT2D eigenvalue weighted by Crippen LogP contribution is 2.24. The van der Waals surface area contributed by atoms with E-state index in [2.05, 4.69) is 26.1 Å². The average molecular weight is 318 g/mol. The molecular formula is C16H25Cl2NO. The minimum Gasteiger partial charge on any atom is -0.493 e. The summed E-state index contributed by atoms with van der Waals surface area (Å²) >= 11 is 11.8. The van der Waals surface area contributed by atoms with Gasteiger partial charge in [0.05, 0.1) is 6.61 Å². The Morgan fingerprint density at radius 2 is 1.55 bits per heavy atom. The zero-order valence-electron chi connectivity index (χ0n) is 12.6. The second kappa shape index (κ2) is 8.76. The van der Waals surface area contributed by atoms with E-state index in [-0.39, 0.29) is 5.54 Å². The molecule has 2 nitrogen and oxygen atoms in total. The van der Waals surface area contributed by atoms with Gasteiger partial charge in [-0.25, -0.2) is 0 Å². The zero-order chi connectivity index (χ0) is 15.0. The molecule has 0 atom stereocenters. The van der Waals surface area contributed by atoms with Crippen LogP contribution in [0.5, 0.6) is 5.75 Å². The number of nitrogens with one attached hydrogen (secondary N) is 1. The molecule has 0 amide bonds. The van der Waals surface area contributed by atoms with E-state index in [4.69, 9.17) is 27.9 Å². The lowest BCUT2D eigenvalue weighted by Gasteiger charge is -2.20. The third kappa shape index (κ3) is 8.68. The maximum absolute atomic E-state index is 5.91. The number of hydrogen-bond acceptors (Lipinski definition) is 2. The number of rotatable bonds is 8. The lowest BCUT2D eigenvalue weighted by atomic mass is 10.1. The second-order valence-corrected chi connectivity index (χ2v) is 6.92. The molecule has 20 heavy (non-hydrogen) atoms. The van der Waals surface area contributed by atoms with Crippen molar-refractivity contribution in [2.24, 2.45) is 0 Å². The standard InChI is InChI=1S/C16H25Cl2NO/c1-16(2,3)19-8-6-4-5-7-9-20-15-11-13(17)10-14(18)12-15/h10-12,19H,4-9H2,1-3H3. The Morgan fingerprint density at radius 3 is 2.15 bits per heavy atom. The van der Waals surface area contributed by atoms with Crippen LogP contribution in [0.2, 0.25) is 10.0 Å². The Hall–Kier alpha value is -0.440. The molecule has 1 N–H and O–H groups in total. The minimum atomic E-state index is 0.217. The van der Waals surface area contributed by atoms with Crippen LogP contribution >= 0.6 is 23.2 Å². The quantitative estimate of drug-likeness (QED) is 0.655. The highest BCUT2D eigenvalue weighted by atomic mass is 35.5. The van der Waals surface area contributed by atoms with Gasteiger partial charge in [-0.15, -0.1) is 0 Å². The van der Waals surface area contributed by atoms with Crippen molar-refractivity contribution in [2.75, 3.05) is 13.2 Å². The molecule has 0 saturated heterocycles. The zero-order valence-corrected chi connectivity index (χ0v) is 14.2. The van der Waals surface area contributed by atoms with Crippen LogP contribution in [0, 0.1) is 0 Å².